The predicted molar refractivity (Wildman–Crippen MR) is 114 cm³/mol. The molecular weight excluding hydrogens is 419 g/mol. The van der Waals surface area contributed by atoms with Gasteiger partial charge in [-0.3, -0.25) is 14.4 Å². The molecule has 5 nitrogen and oxygen atoms in total. The molecule has 3 amide bonds. The van der Waals surface area contributed by atoms with Crippen molar-refractivity contribution in [1.29, 1.82) is 0 Å². The number of carbonyl (C=O) groups is 3. The number of thioether (sulfide) groups is 1. The quantitative estimate of drug-likeness (QED) is 0.694. The van der Waals surface area contributed by atoms with Crippen LogP contribution in [-0.2, 0) is 14.4 Å². The third-order valence-corrected chi connectivity index (χ3v) is 6.05. The molecule has 1 aliphatic heterocycles. The summed E-state index contributed by atoms with van der Waals surface area (Å²) >= 11 is 13.1. The third kappa shape index (κ3) is 4.69. The van der Waals surface area contributed by atoms with Crippen molar-refractivity contribution in [2.24, 2.45) is 0 Å². The van der Waals surface area contributed by atoms with Crippen LogP contribution in [0, 0.1) is 13.8 Å². The minimum Gasteiger partial charge on any atom is -0.325 e. The summed E-state index contributed by atoms with van der Waals surface area (Å²) in [6.45, 7) is 3.97. The number of nitrogens with zero attached hydrogens (tertiary/aromatic N) is 1. The lowest BCUT2D eigenvalue weighted by Gasteiger charge is -2.15. The number of benzene rings is 2. The number of imide groups is 1. The second-order valence-electron chi connectivity index (χ2n) is 6.55. The molecule has 1 saturated heterocycles. The van der Waals surface area contributed by atoms with Gasteiger partial charge in [0.2, 0.25) is 17.7 Å². The molecule has 2 aromatic rings. The smallest absolute Gasteiger partial charge is 0.247 e. The number of hydrogen-bond donors (Lipinski definition) is 1. The molecule has 0 unspecified atom stereocenters. The van der Waals surface area contributed by atoms with Crippen molar-refractivity contribution >= 4 is 64.1 Å². The Bertz CT molecular complexity index is 944. The largest absolute Gasteiger partial charge is 0.325 e. The highest BCUT2D eigenvalue weighted by molar-refractivity contribution is 8.01. The fraction of sp³-hybridized carbons (Fsp3) is 0.250. The fourth-order valence-corrected chi connectivity index (χ4v) is 4.31. The van der Waals surface area contributed by atoms with Crippen LogP contribution in [0.5, 0.6) is 0 Å². The molecule has 1 atom stereocenters. The van der Waals surface area contributed by atoms with E-state index in [2.05, 4.69) is 5.32 Å². The molecule has 146 valence electrons. The van der Waals surface area contributed by atoms with Gasteiger partial charge in [0.1, 0.15) is 0 Å². The number of aryl methyl sites for hydroxylation is 2. The maximum atomic E-state index is 12.7. The van der Waals surface area contributed by atoms with Crippen molar-refractivity contribution in [1.82, 2.24) is 0 Å². The van der Waals surface area contributed by atoms with E-state index in [4.69, 9.17) is 23.2 Å². The zero-order valence-electron chi connectivity index (χ0n) is 15.3. The van der Waals surface area contributed by atoms with Crippen LogP contribution in [-0.4, -0.2) is 28.7 Å². The number of anilines is 2. The highest BCUT2D eigenvalue weighted by Crippen LogP contribution is 2.33. The van der Waals surface area contributed by atoms with Crippen LogP contribution in [0.4, 0.5) is 11.4 Å². The van der Waals surface area contributed by atoms with E-state index in [-0.39, 0.29) is 29.9 Å². The van der Waals surface area contributed by atoms with Crippen LogP contribution in [0.1, 0.15) is 17.5 Å². The molecule has 1 N–H and O–H groups in total. The topological polar surface area (TPSA) is 66.5 Å². The van der Waals surface area contributed by atoms with Gasteiger partial charge in [-0.25, -0.2) is 4.90 Å². The second kappa shape index (κ2) is 8.55. The van der Waals surface area contributed by atoms with E-state index in [0.717, 1.165) is 27.8 Å². The summed E-state index contributed by atoms with van der Waals surface area (Å²) in [5.74, 6) is -0.860. The standard InChI is InChI=1S/C20H18Cl2N2O3S/c1-11-3-4-15(5-12(11)2)23-18(25)10-28-17-9-19(26)24(20(17)27)16-7-13(21)6-14(22)8-16/h3-8,17H,9-10H2,1-2H3,(H,23,25)/t17-/m0/s1. The minimum atomic E-state index is -0.615. The summed E-state index contributed by atoms with van der Waals surface area (Å²) in [5, 5.41) is 2.88. The zero-order valence-corrected chi connectivity index (χ0v) is 17.6. The van der Waals surface area contributed by atoms with E-state index in [1.54, 1.807) is 0 Å². The Hall–Kier alpha value is -2.02. The Morgan fingerprint density at radius 1 is 1.11 bits per heavy atom. The van der Waals surface area contributed by atoms with Gasteiger partial charge in [0, 0.05) is 22.2 Å². The maximum Gasteiger partial charge on any atom is 0.247 e. The third-order valence-electron chi connectivity index (χ3n) is 4.42. The first-order chi connectivity index (χ1) is 13.2. The van der Waals surface area contributed by atoms with E-state index in [0.29, 0.717) is 21.4 Å². The van der Waals surface area contributed by atoms with Crippen molar-refractivity contribution in [2.75, 3.05) is 16.0 Å². The molecule has 0 bridgehead atoms. The van der Waals surface area contributed by atoms with Gasteiger partial charge in [-0.05, 0) is 55.3 Å². The van der Waals surface area contributed by atoms with Crippen LogP contribution < -0.4 is 10.2 Å². The van der Waals surface area contributed by atoms with Crippen molar-refractivity contribution < 1.29 is 14.4 Å². The van der Waals surface area contributed by atoms with Crippen LogP contribution in [0.25, 0.3) is 0 Å². The van der Waals surface area contributed by atoms with Gasteiger partial charge < -0.3 is 5.32 Å². The highest BCUT2D eigenvalue weighted by atomic mass is 35.5. The first-order valence-electron chi connectivity index (χ1n) is 8.56. The monoisotopic (exact) mass is 436 g/mol. The molecule has 0 aromatic heterocycles. The lowest BCUT2D eigenvalue weighted by Crippen LogP contribution is -2.31. The molecule has 8 heteroatoms. The number of amides is 3. The van der Waals surface area contributed by atoms with Gasteiger partial charge in [0.25, 0.3) is 0 Å². The Morgan fingerprint density at radius 3 is 2.43 bits per heavy atom. The van der Waals surface area contributed by atoms with Crippen molar-refractivity contribution in [3.63, 3.8) is 0 Å². The molecular formula is C20H18Cl2N2O3S. The average Bonchev–Trinajstić information content (AvgIpc) is 2.89. The van der Waals surface area contributed by atoms with E-state index >= 15 is 0 Å². The van der Waals surface area contributed by atoms with E-state index in [9.17, 15) is 14.4 Å². The van der Waals surface area contributed by atoms with E-state index < -0.39 is 5.25 Å². The molecule has 0 saturated carbocycles. The van der Waals surface area contributed by atoms with Crippen LogP contribution in [0.2, 0.25) is 10.0 Å². The molecule has 3 rings (SSSR count). The highest BCUT2D eigenvalue weighted by Gasteiger charge is 2.40. The fourth-order valence-electron chi connectivity index (χ4n) is 2.87. The Kier molecular flexibility index (Phi) is 6.33. The number of carbonyl (C=O) groups excluding carboxylic acids is 3. The summed E-state index contributed by atoms with van der Waals surface area (Å²) in [6.07, 6.45) is 0.0323. The summed E-state index contributed by atoms with van der Waals surface area (Å²) in [7, 11) is 0. The van der Waals surface area contributed by atoms with Gasteiger partial charge in [-0.2, -0.15) is 0 Å². The van der Waals surface area contributed by atoms with Gasteiger partial charge in [-0.1, -0.05) is 29.3 Å². The van der Waals surface area contributed by atoms with Crippen LogP contribution in [0.15, 0.2) is 36.4 Å². The van der Waals surface area contributed by atoms with Gasteiger partial charge in [0.05, 0.1) is 16.7 Å². The van der Waals surface area contributed by atoms with Gasteiger partial charge in [-0.15, -0.1) is 11.8 Å². The summed E-state index contributed by atoms with van der Waals surface area (Å²) in [5.41, 5.74) is 3.27. The zero-order chi connectivity index (χ0) is 20.4. The molecule has 1 fully saturated rings. The molecule has 1 heterocycles. The second-order valence-corrected chi connectivity index (χ2v) is 8.61. The maximum absolute atomic E-state index is 12.7. The molecule has 0 spiro atoms. The molecule has 2 aromatic carbocycles. The molecule has 0 aliphatic carbocycles. The number of rotatable bonds is 5. The minimum absolute atomic E-state index is 0.0323. The first kappa shape index (κ1) is 20.7. The molecule has 28 heavy (non-hydrogen) atoms. The lowest BCUT2D eigenvalue weighted by atomic mass is 10.1. The van der Waals surface area contributed by atoms with E-state index in [1.807, 2.05) is 32.0 Å². The Balaban J connectivity index is 1.62. The number of halogens is 2. The first-order valence-corrected chi connectivity index (χ1v) is 10.4. The van der Waals surface area contributed by atoms with E-state index in [1.165, 1.54) is 18.2 Å². The van der Waals surface area contributed by atoms with Crippen LogP contribution >= 0.6 is 35.0 Å². The molecule has 1 aliphatic rings. The van der Waals surface area contributed by atoms with Crippen molar-refractivity contribution in [3.05, 3.63) is 57.6 Å². The number of hydrogen-bond acceptors (Lipinski definition) is 4. The summed E-state index contributed by atoms with van der Waals surface area (Å²) in [6, 6.07) is 10.2. The summed E-state index contributed by atoms with van der Waals surface area (Å²) in [4.78, 5) is 38.3. The Morgan fingerprint density at radius 2 is 1.79 bits per heavy atom. The molecule has 0 radical (unpaired) electrons. The predicted octanol–water partition coefficient (Wildman–Crippen LogP) is 4.61. The summed E-state index contributed by atoms with van der Waals surface area (Å²) < 4.78 is 0. The average molecular weight is 437 g/mol. The van der Waals surface area contributed by atoms with Crippen LogP contribution in [0.3, 0.4) is 0 Å². The normalized spacial score (nSPS) is 16.6. The Labute approximate surface area is 177 Å². The van der Waals surface area contributed by atoms with Crippen molar-refractivity contribution in [3.8, 4) is 0 Å². The number of nitrogens with one attached hydrogen (secondary N) is 1. The SMILES string of the molecule is Cc1ccc(NC(=O)CS[C@H]2CC(=O)N(c3cc(Cl)cc(Cl)c3)C2=O)cc1C. The van der Waals surface area contributed by atoms with Gasteiger partial charge >= 0.3 is 0 Å². The lowest BCUT2D eigenvalue weighted by molar-refractivity contribution is -0.121. The van der Waals surface area contributed by atoms with Gasteiger partial charge in [0.15, 0.2) is 0 Å². The van der Waals surface area contributed by atoms with Crippen molar-refractivity contribution in [2.45, 2.75) is 25.5 Å².